The van der Waals surface area contributed by atoms with Crippen molar-refractivity contribution in [3.05, 3.63) is 15.8 Å². The van der Waals surface area contributed by atoms with Crippen molar-refractivity contribution in [3.63, 3.8) is 0 Å². The molecular formula is C15H24N2O2S. The van der Waals surface area contributed by atoms with Gasteiger partial charge in [-0.05, 0) is 51.8 Å². The maximum absolute atomic E-state index is 12.6. The number of methoxy groups -OCH3 is 1. The van der Waals surface area contributed by atoms with Crippen LogP contribution in [0.15, 0.2) is 6.07 Å². The predicted octanol–water partition coefficient (Wildman–Crippen LogP) is 2.53. The van der Waals surface area contributed by atoms with Crippen LogP contribution in [0.4, 0.5) is 0 Å². The van der Waals surface area contributed by atoms with E-state index in [4.69, 9.17) is 4.74 Å². The van der Waals surface area contributed by atoms with E-state index in [9.17, 15) is 4.79 Å². The average molecular weight is 296 g/mol. The van der Waals surface area contributed by atoms with Crippen molar-refractivity contribution in [2.45, 2.75) is 26.2 Å². The van der Waals surface area contributed by atoms with E-state index in [1.807, 2.05) is 24.9 Å². The molecule has 1 aromatic heterocycles. The minimum atomic E-state index is 0.131. The molecule has 0 aliphatic carbocycles. The molecule has 2 heterocycles. The average Bonchev–Trinajstić information content (AvgIpc) is 2.86. The predicted molar refractivity (Wildman–Crippen MR) is 82.8 cm³/mol. The zero-order valence-electron chi connectivity index (χ0n) is 12.6. The van der Waals surface area contributed by atoms with Gasteiger partial charge in [0.1, 0.15) is 10.6 Å². The number of nitrogens with one attached hydrogen (secondary N) is 1. The second-order valence-electron chi connectivity index (χ2n) is 5.38. The summed E-state index contributed by atoms with van der Waals surface area (Å²) in [6.45, 7) is 4.81. The van der Waals surface area contributed by atoms with Crippen molar-refractivity contribution in [3.8, 4) is 5.75 Å². The van der Waals surface area contributed by atoms with Gasteiger partial charge in [0, 0.05) is 18.0 Å². The first kappa shape index (κ1) is 15.3. The lowest BCUT2D eigenvalue weighted by Crippen LogP contribution is -2.38. The van der Waals surface area contributed by atoms with Gasteiger partial charge < -0.3 is 15.0 Å². The van der Waals surface area contributed by atoms with Crippen molar-refractivity contribution in [1.82, 2.24) is 10.2 Å². The summed E-state index contributed by atoms with van der Waals surface area (Å²) in [6.07, 6.45) is 3.43. The van der Waals surface area contributed by atoms with Crippen molar-refractivity contribution < 1.29 is 9.53 Å². The first-order chi connectivity index (χ1) is 9.65. The molecular weight excluding hydrogens is 272 g/mol. The number of aryl methyl sites for hydroxylation is 1. The van der Waals surface area contributed by atoms with Gasteiger partial charge in [0.25, 0.3) is 5.91 Å². The van der Waals surface area contributed by atoms with Crippen LogP contribution in [0.25, 0.3) is 0 Å². The number of carbonyl (C=O) groups excluding carboxylic acids is 1. The highest BCUT2D eigenvalue weighted by Crippen LogP contribution is 2.31. The fraction of sp³-hybridized carbons (Fsp3) is 0.667. The molecule has 0 spiro atoms. The summed E-state index contributed by atoms with van der Waals surface area (Å²) >= 11 is 1.53. The molecule has 1 amide bonds. The minimum Gasteiger partial charge on any atom is -0.495 e. The fourth-order valence-corrected chi connectivity index (χ4v) is 3.66. The van der Waals surface area contributed by atoms with E-state index in [2.05, 4.69) is 5.32 Å². The second-order valence-corrected chi connectivity index (χ2v) is 6.64. The van der Waals surface area contributed by atoms with E-state index in [-0.39, 0.29) is 5.91 Å². The van der Waals surface area contributed by atoms with Crippen LogP contribution in [0.3, 0.4) is 0 Å². The Balaban J connectivity index is 1.94. The van der Waals surface area contributed by atoms with E-state index >= 15 is 0 Å². The highest BCUT2D eigenvalue weighted by Gasteiger charge is 2.26. The van der Waals surface area contributed by atoms with Gasteiger partial charge in [-0.25, -0.2) is 0 Å². The van der Waals surface area contributed by atoms with Gasteiger partial charge in [0.05, 0.1) is 7.11 Å². The largest absolute Gasteiger partial charge is 0.495 e. The Morgan fingerprint density at radius 2 is 2.20 bits per heavy atom. The van der Waals surface area contributed by atoms with Gasteiger partial charge in [0.15, 0.2) is 0 Å². The van der Waals surface area contributed by atoms with Crippen LogP contribution in [-0.2, 0) is 0 Å². The standard InChI is InChI=1S/C15H24N2O2S/c1-11-10-13(19-3)14(20-11)15(18)17-8-5-12(6-9-17)4-7-16-2/h10,12,16H,4-9H2,1-3H3. The number of ether oxygens (including phenoxy) is 1. The Morgan fingerprint density at radius 3 is 2.80 bits per heavy atom. The molecule has 1 saturated heterocycles. The van der Waals surface area contributed by atoms with Crippen molar-refractivity contribution >= 4 is 17.2 Å². The van der Waals surface area contributed by atoms with Crippen LogP contribution in [0.2, 0.25) is 0 Å². The summed E-state index contributed by atoms with van der Waals surface area (Å²) in [5.74, 6) is 1.60. The molecule has 2 rings (SSSR count). The Bertz CT molecular complexity index is 451. The Labute approximate surface area is 125 Å². The lowest BCUT2D eigenvalue weighted by Gasteiger charge is -2.31. The molecule has 0 atom stereocenters. The fourth-order valence-electron chi connectivity index (χ4n) is 2.71. The molecule has 112 valence electrons. The maximum atomic E-state index is 12.6. The molecule has 0 saturated carbocycles. The third-order valence-corrected chi connectivity index (χ3v) is 4.96. The Kier molecular flexibility index (Phi) is 5.43. The van der Waals surface area contributed by atoms with Gasteiger partial charge in [-0.3, -0.25) is 4.79 Å². The number of thiophene rings is 1. The van der Waals surface area contributed by atoms with E-state index in [1.54, 1.807) is 7.11 Å². The number of likely N-dealkylation sites (tertiary alicyclic amines) is 1. The zero-order valence-corrected chi connectivity index (χ0v) is 13.4. The molecule has 4 nitrogen and oxygen atoms in total. The molecule has 0 aromatic carbocycles. The Hall–Kier alpha value is -1.07. The highest BCUT2D eigenvalue weighted by atomic mass is 32.1. The normalized spacial score (nSPS) is 16.4. The molecule has 1 aliphatic heterocycles. The zero-order chi connectivity index (χ0) is 14.5. The third kappa shape index (κ3) is 3.52. The van der Waals surface area contributed by atoms with Crippen molar-refractivity contribution in [2.75, 3.05) is 33.8 Å². The van der Waals surface area contributed by atoms with E-state index < -0.39 is 0 Å². The molecule has 0 unspecified atom stereocenters. The topological polar surface area (TPSA) is 41.6 Å². The van der Waals surface area contributed by atoms with Gasteiger partial charge >= 0.3 is 0 Å². The molecule has 20 heavy (non-hydrogen) atoms. The number of hydrogen-bond acceptors (Lipinski definition) is 4. The van der Waals surface area contributed by atoms with Crippen LogP contribution in [0.5, 0.6) is 5.75 Å². The van der Waals surface area contributed by atoms with Crippen molar-refractivity contribution in [2.24, 2.45) is 5.92 Å². The van der Waals surface area contributed by atoms with Crippen LogP contribution in [-0.4, -0.2) is 44.6 Å². The summed E-state index contributed by atoms with van der Waals surface area (Å²) in [5.41, 5.74) is 0. The smallest absolute Gasteiger partial charge is 0.267 e. The monoisotopic (exact) mass is 296 g/mol. The van der Waals surface area contributed by atoms with Crippen molar-refractivity contribution in [1.29, 1.82) is 0 Å². The van der Waals surface area contributed by atoms with Crippen LogP contribution in [0.1, 0.15) is 33.8 Å². The van der Waals surface area contributed by atoms with Crippen LogP contribution >= 0.6 is 11.3 Å². The molecule has 1 fully saturated rings. The number of rotatable bonds is 5. The quantitative estimate of drug-likeness (QED) is 0.908. The van der Waals surface area contributed by atoms with Crippen LogP contribution in [0, 0.1) is 12.8 Å². The maximum Gasteiger partial charge on any atom is 0.267 e. The highest BCUT2D eigenvalue weighted by molar-refractivity contribution is 7.14. The summed E-state index contributed by atoms with van der Waals surface area (Å²) < 4.78 is 5.31. The summed E-state index contributed by atoms with van der Waals surface area (Å²) in [4.78, 5) is 16.4. The molecule has 1 N–H and O–H groups in total. The van der Waals surface area contributed by atoms with Gasteiger partial charge in [-0.1, -0.05) is 0 Å². The number of nitrogens with zero attached hydrogens (tertiary/aromatic N) is 1. The lowest BCUT2D eigenvalue weighted by atomic mass is 9.93. The summed E-state index contributed by atoms with van der Waals surface area (Å²) in [6, 6.07) is 1.94. The minimum absolute atomic E-state index is 0.131. The van der Waals surface area contributed by atoms with Gasteiger partial charge in [-0.2, -0.15) is 0 Å². The molecule has 1 aromatic rings. The summed E-state index contributed by atoms with van der Waals surface area (Å²) in [7, 11) is 3.62. The first-order valence-corrected chi connectivity index (χ1v) is 8.05. The van der Waals surface area contributed by atoms with Gasteiger partial charge in [0.2, 0.25) is 0 Å². The molecule has 1 aliphatic rings. The van der Waals surface area contributed by atoms with E-state index in [0.29, 0.717) is 0 Å². The number of amides is 1. The summed E-state index contributed by atoms with van der Waals surface area (Å²) in [5, 5.41) is 3.20. The van der Waals surface area contributed by atoms with E-state index in [1.165, 1.54) is 17.8 Å². The molecule has 5 heteroatoms. The lowest BCUT2D eigenvalue weighted by molar-refractivity contribution is 0.0689. The second kappa shape index (κ2) is 7.09. The number of piperidine rings is 1. The first-order valence-electron chi connectivity index (χ1n) is 7.24. The molecule has 0 bridgehead atoms. The number of carbonyl (C=O) groups is 1. The van der Waals surface area contributed by atoms with Crippen LogP contribution < -0.4 is 10.1 Å². The van der Waals surface area contributed by atoms with E-state index in [0.717, 1.165) is 53.9 Å². The SMILES string of the molecule is CNCCC1CCN(C(=O)c2sc(C)cc2OC)CC1. The number of hydrogen-bond donors (Lipinski definition) is 1. The van der Waals surface area contributed by atoms with Gasteiger partial charge in [-0.15, -0.1) is 11.3 Å². The Morgan fingerprint density at radius 1 is 1.50 bits per heavy atom. The molecule has 0 radical (unpaired) electrons. The third-order valence-electron chi connectivity index (χ3n) is 3.94.